The summed E-state index contributed by atoms with van der Waals surface area (Å²) in [5.41, 5.74) is 0.875. The van der Waals surface area contributed by atoms with Gasteiger partial charge in [0.15, 0.2) is 0 Å². The summed E-state index contributed by atoms with van der Waals surface area (Å²) in [4.78, 5) is 22.2. The molecule has 8 nitrogen and oxygen atoms in total. The molecule has 1 amide bonds. The molecule has 0 saturated carbocycles. The van der Waals surface area contributed by atoms with E-state index in [4.69, 9.17) is 4.55 Å². The Kier molecular flexibility index (Phi) is 4.65. The van der Waals surface area contributed by atoms with Crippen LogP contribution in [0.2, 0.25) is 0 Å². The molecule has 120 valence electrons. The van der Waals surface area contributed by atoms with Gasteiger partial charge in [-0.05, 0) is 25.2 Å². The van der Waals surface area contributed by atoms with E-state index in [0.29, 0.717) is 24.7 Å². The lowest BCUT2D eigenvalue weighted by Crippen LogP contribution is -2.28. The van der Waals surface area contributed by atoms with E-state index in [1.54, 1.807) is 0 Å². The maximum Gasteiger partial charge on any atom is 0.231 e. The maximum atomic E-state index is 11.5. The van der Waals surface area contributed by atoms with Crippen molar-refractivity contribution >= 4 is 28.8 Å². The topological polar surface area (TPSA) is 107 Å². The minimum Gasteiger partial charge on any atom is -0.356 e. The van der Waals surface area contributed by atoms with E-state index in [1.165, 1.54) is 6.33 Å². The van der Waals surface area contributed by atoms with E-state index in [-0.39, 0.29) is 5.91 Å². The molecule has 2 aliphatic heterocycles. The second kappa shape index (κ2) is 6.67. The Morgan fingerprint density at radius 2 is 2.27 bits per heavy atom. The van der Waals surface area contributed by atoms with Gasteiger partial charge in [0.2, 0.25) is 17.2 Å². The fourth-order valence-corrected chi connectivity index (χ4v) is 3.43. The van der Waals surface area contributed by atoms with Crippen molar-refractivity contribution in [3.63, 3.8) is 0 Å². The van der Waals surface area contributed by atoms with Gasteiger partial charge in [-0.1, -0.05) is 0 Å². The standard InChI is InChI=1S/C13H19N5O3S/c19-11-6-10-12(17-11)14-8-15-13(10)18-4-1-2-9(3-5-18)7-16-22(20)21/h8-9,16H,1-7H2,(H,20,21)(H,14,15,17,19). The van der Waals surface area contributed by atoms with E-state index in [0.717, 1.165) is 43.7 Å². The summed E-state index contributed by atoms with van der Waals surface area (Å²) in [6.07, 6.45) is 4.73. The van der Waals surface area contributed by atoms with Crippen molar-refractivity contribution in [3.8, 4) is 0 Å². The highest BCUT2D eigenvalue weighted by Crippen LogP contribution is 2.30. The van der Waals surface area contributed by atoms with Crippen LogP contribution in [0.5, 0.6) is 0 Å². The third kappa shape index (κ3) is 3.42. The molecule has 22 heavy (non-hydrogen) atoms. The van der Waals surface area contributed by atoms with Gasteiger partial charge < -0.3 is 10.2 Å². The average molecular weight is 325 g/mol. The van der Waals surface area contributed by atoms with Crippen LogP contribution in [0.25, 0.3) is 0 Å². The van der Waals surface area contributed by atoms with Crippen LogP contribution in [0.4, 0.5) is 11.6 Å². The summed E-state index contributed by atoms with van der Waals surface area (Å²) in [5, 5.41) is 2.75. The van der Waals surface area contributed by atoms with Gasteiger partial charge in [0.1, 0.15) is 18.0 Å². The van der Waals surface area contributed by atoms with E-state index >= 15 is 0 Å². The number of hydrogen-bond acceptors (Lipinski definition) is 5. The number of carbonyl (C=O) groups is 1. The largest absolute Gasteiger partial charge is 0.356 e. The quantitative estimate of drug-likeness (QED) is 0.688. The summed E-state index contributed by atoms with van der Waals surface area (Å²) in [6.45, 7) is 2.23. The van der Waals surface area contributed by atoms with Crippen LogP contribution in [0.3, 0.4) is 0 Å². The molecule has 3 N–H and O–H groups in total. The monoisotopic (exact) mass is 325 g/mol. The number of fused-ring (bicyclic) bond motifs is 1. The lowest BCUT2D eigenvalue weighted by molar-refractivity contribution is -0.115. The second-order valence-electron chi connectivity index (χ2n) is 5.63. The summed E-state index contributed by atoms with van der Waals surface area (Å²) >= 11 is -1.95. The van der Waals surface area contributed by atoms with Gasteiger partial charge in [-0.15, -0.1) is 0 Å². The van der Waals surface area contributed by atoms with E-state index < -0.39 is 11.3 Å². The Balaban J connectivity index is 1.68. The molecule has 0 radical (unpaired) electrons. The smallest absolute Gasteiger partial charge is 0.231 e. The molecule has 2 atom stereocenters. The zero-order valence-electron chi connectivity index (χ0n) is 12.1. The number of hydrogen-bond donors (Lipinski definition) is 3. The molecular weight excluding hydrogens is 306 g/mol. The summed E-state index contributed by atoms with van der Waals surface area (Å²) < 4.78 is 22.1. The fraction of sp³-hybridized carbons (Fsp3) is 0.615. The number of rotatable bonds is 4. The molecule has 1 fully saturated rings. The van der Waals surface area contributed by atoms with Crippen LogP contribution in [-0.2, 0) is 22.5 Å². The first-order chi connectivity index (χ1) is 10.6. The zero-order chi connectivity index (χ0) is 15.5. The zero-order valence-corrected chi connectivity index (χ0v) is 12.9. The Labute approximate surface area is 131 Å². The first kappa shape index (κ1) is 15.3. The number of amides is 1. The fourth-order valence-electron chi connectivity index (χ4n) is 3.05. The van der Waals surface area contributed by atoms with Crippen LogP contribution >= 0.6 is 0 Å². The number of nitrogens with one attached hydrogen (secondary N) is 2. The van der Waals surface area contributed by atoms with Crippen LogP contribution in [0.15, 0.2) is 6.33 Å². The van der Waals surface area contributed by atoms with Crippen molar-refractivity contribution < 1.29 is 13.6 Å². The van der Waals surface area contributed by atoms with Gasteiger partial charge in [-0.2, -0.15) is 0 Å². The SMILES string of the molecule is O=C1Cc2c(ncnc2N2CCCC(CNS(=O)O)CC2)N1. The normalized spacial score (nSPS) is 22.9. The van der Waals surface area contributed by atoms with Gasteiger partial charge in [0.05, 0.1) is 6.42 Å². The van der Waals surface area contributed by atoms with Crippen LogP contribution in [0, 0.1) is 5.92 Å². The summed E-state index contributed by atoms with van der Waals surface area (Å²) in [7, 11) is 0. The van der Waals surface area contributed by atoms with Gasteiger partial charge >= 0.3 is 0 Å². The van der Waals surface area contributed by atoms with E-state index in [2.05, 4.69) is 24.9 Å². The minimum absolute atomic E-state index is 0.0425. The molecule has 1 aromatic heterocycles. The highest BCUT2D eigenvalue weighted by Gasteiger charge is 2.27. The second-order valence-corrected chi connectivity index (χ2v) is 6.42. The minimum atomic E-state index is -1.95. The maximum absolute atomic E-state index is 11.5. The van der Waals surface area contributed by atoms with Crippen molar-refractivity contribution in [2.45, 2.75) is 25.7 Å². The van der Waals surface area contributed by atoms with Crippen molar-refractivity contribution in [1.29, 1.82) is 0 Å². The Hall–Kier alpha value is -1.58. The van der Waals surface area contributed by atoms with Crippen molar-refractivity contribution in [3.05, 3.63) is 11.9 Å². The summed E-state index contributed by atoms with van der Waals surface area (Å²) in [5.74, 6) is 1.78. The molecule has 0 aromatic carbocycles. The lowest BCUT2D eigenvalue weighted by atomic mass is 10.0. The van der Waals surface area contributed by atoms with Crippen molar-refractivity contribution in [2.24, 2.45) is 5.92 Å². The molecule has 1 saturated heterocycles. The third-order valence-electron chi connectivity index (χ3n) is 4.16. The van der Waals surface area contributed by atoms with Crippen LogP contribution in [0.1, 0.15) is 24.8 Å². The molecule has 1 aromatic rings. The average Bonchev–Trinajstić information content (AvgIpc) is 2.72. The molecular formula is C13H19N5O3S. The van der Waals surface area contributed by atoms with Gasteiger partial charge in [-0.25, -0.2) is 18.9 Å². The van der Waals surface area contributed by atoms with Crippen LogP contribution < -0.4 is 14.9 Å². The predicted molar refractivity (Wildman–Crippen MR) is 82.7 cm³/mol. The number of carbonyl (C=O) groups excluding carboxylic acids is 1. The van der Waals surface area contributed by atoms with E-state index in [9.17, 15) is 9.00 Å². The Bertz CT molecular complexity index is 597. The van der Waals surface area contributed by atoms with Gasteiger partial charge in [-0.3, -0.25) is 9.35 Å². The van der Waals surface area contributed by atoms with Crippen LogP contribution in [-0.4, -0.2) is 44.3 Å². The first-order valence-corrected chi connectivity index (χ1v) is 8.47. The van der Waals surface area contributed by atoms with Crippen molar-refractivity contribution in [1.82, 2.24) is 14.7 Å². The number of aromatic nitrogens is 2. The molecule has 2 unspecified atom stereocenters. The summed E-state index contributed by atoms with van der Waals surface area (Å²) in [6, 6.07) is 0. The molecule has 9 heteroatoms. The van der Waals surface area contributed by atoms with Crippen molar-refractivity contribution in [2.75, 3.05) is 29.9 Å². The van der Waals surface area contributed by atoms with E-state index in [1.807, 2.05) is 0 Å². The Morgan fingerprint density at radius 3 is 3.09 bits per heavy atom. The molecule has 0 aliphatic carbocycles. The molecule has 3 rings (SSSR count). The molecule has 0 spiro atoms. The highest BCUT2D eigenvalue weighted by molar-refractivity contribution is 7.77. The molecule has 2 aliphatic rings. The first-order valence-electron chi connectivity index (χ1n) is 7.36. The van der Waals surface area contributed by atoms with Gasteiger partial charge in [0.25, 0.3) is 0 Å². The number of anilines is 2. The lowest BCUT2D eigenvalue weighted by Gasteiger charge is -2.23. The molecule has 3 heterocycles. The third-order valence-corrected chi connectivity index (χ3v) is 4.57. The van der Waals surface area contributed by atoms with Gasteiger partial charge in [0, 0.05) is 25.2 Å². The predicted octanol–water partition coefficient (Wildman–Crippen LogP) is 0.304. The highest BCUT2D eigenvalue weighted by atomic mass is 32.2. The number of nitrogens with zero attached hydrogens (tertiary/aromatic N) is 3. The molecule has 0 bridgehead atoms. The Morgan fingerprint density at radius 1 is 1.41 bits per heavy atom.